The smallest absolute Gasteiger partial charge is 0.400 e. The molecule has 0 saturated heterocycles. The van der Waals surface area contributed by atoms with Crippen molar-refractivity contribution in [3.8, 4) is 0 Å². The van der Waals surface area contributed by atoms with Crippen molar-refractivity contribution in [2.24, 2.45) is 0 Å². The maximum Gasteiger partial charge on any atom is 3.00 e. The van der Waals surface area contributed by atoms with Gasteiger partial charge in [-0.15, -0.1) is 0 Å². The van der Waals surface area contributed by atoms with Crippen LogP contribution in [0.15, 0.2) is 0 Å². The second kappa shape index (κ2) is 12.0. The molecule has 0 aromatic heterocycles. The Morgan fingerprint density at radius 2 is 0.625 bits per heavy atom. The summed E-state index contributed by atoms with van der Waals surface area (Å²) in [6.07, 6.45) is 0. The van der Waals surface area contributed by atoms with Gasteiger partial charge in [0, 0.05) is 7.11 Å². The molecule has 0 atom stereocenters. The van der Waals surface area contributed by atoms with Gasteiger partial charge in [0.25, 0.3) is 0 Å². The second-order valence-electron chi connectivity index (χ2n) is 6.25. The fraction of sp³-hybridized carbons (Fsp3) is 0.500. The molecule has 2 aromatic rings. The third-order valence-corrected chi connectivity index (χ3v) is 5.62. The van der Waals surface area contributed by atoms with Crippen molar-refractivity contribution in [2.45, 2.75) is 69.2 Å². The van der Waals surface area contributed by atoms with Gasteiger partial charge in [0.05, 0.1) is 0 Å². The van der Waals surface area contributed by atoms with Gasteiger partial charge in [-0.2, -0.15) is 55.6 Å². The molecule has 0 aliphatic carbocycles. The molecule has 0 aliphatic rings. The molecule has 1 nitrogen and oxygen atoms in total. The Balaban J connectivity index is -0.000000310. The van der Waals surface area contributed by atoms with Crippen LogP contribution >= 0.6 is 0 Å². The summed E-state index contributed by atoms with van der Waals surface area (Å²) >= 11 is 0. The van der Waals surface area contributed by atoms with Crippen molar-refractivity contribution < 1.29 is 31.3 Å². The normalized spacial score (nSPS) is 9.00. The molecule has 0 heterocycles. The summed E-state index contributed by atoms with van der Waals surface area (Å²) in [5, 5.41) is 7.00. The van der Waals surface area contributed by atoms with Crippen molar-refractivity contribution in [3.05, 3.63) is 63.1 Å². The quantitative estimate of drug-likeness (QED) is 0.534. The second-order valence-corrected chi connectivity index (χ2v) is 6.25. The first kappa shape index (κ1) is 28.4. The van der Waals surface area contributed by atoms with Gasteiger partial charge in [-0.3, -0.25) is 0 Å². The van der Waals surface area contributed by atoms with E-state index in [-0.39, 0.29) is 33.6 Å². The molecular weight excluding hydrogens is 371 g/mol. The zero-order valence-electron chi connectivity index (χ0n) is 17.9. The van der Waals surface area contributed by atoms with Gasteiger partial charge in [0.15, 0.2) is 0 Å². The van der Waals surface area contributed by atoms with Crippen LogP contribution in [0.2, 0.25) is 0 Å². The fourth-order valence-corrected chi connectivity index (χ4v) is 2.81. The van der Waals surface area contributed by atoms with Crippen LogP contribution in [-0.2, 0) is 26.2 Å². The van der Waals surface area contributed by atoms with E-state index in [2.05, 4.69) is 69.2 Å². The number of aliphatic hydroxyl groups is 1. The van der Waals surface area contributed by atoms with Gasteiger partial charge in [0.2, 0.25) is 0 Å². The number of hydrogen-bond acceptors (Lipinski definition) is 1. The maximum atomic E-state index is 7.00. The molecule has 2 aromatic carbocycles. The molecule has 0 bridgehead atoms. The molecule has 0 fully saturated rings. The minimum absolute atomic E-state index is 0. The van der Waals surface area contributed by atoms with Gasteiger partial charge >= 0.3 is 26.2 Å². The Morgan fingerprint density at radius 3 is 0.667 bits per heavy atom. The fourth-order valence-electron chi connectivity index (χ4n) is 2.81. The van der Waals surface area contributed by atoms with Crippen LogP contribution in [0.1, 0.15) is 55.6 Å². The van der Waals surface area contributed by atoms with Gasteiger partial charge in [0.1, 0.15) is 0 Å². The molecule has 24 heavy (non-hydrogen) atoms. The summed E-state index contributed by atoms with van der Waals surface area (Å²) in [7, 11) is 1.00. The first-order valence-electron chi connectivity index (χ1n) is 7.95. The Labute approximate surface area is 170 Å². The Hall–Kier alpha value is -0.457. The largest absolute Gasteiger partial charge is 3.00 e. The van der Waals surface area contributed by atoms with E-state index in [9.17, 15) is 0 Å². The monoisotopic (exact) mass is 407 g/mol. The molecule has 135 valence electrons. The van der Waals surface area contributed by atoms with Crippen molar-refractivity contribution in [1.82, 2.24) is 0 Å². The minimum atomic E-state index is 0. The van der Waals surface area contributed by atoms with Crippen LogP contribution < -0.4 is 0 Å². The zero-order valence-corrected chi connectivity index (χ0v) is 20.4. The molecule has 0 amide bonds. The van der Waals surface area contributed by atoms with E-state index in [1.165, 1.54) is 55.6 Å². The molecule has 1 N–H and O–H groups in total. The van der Waals surface area contributed by atoms with Gasteiger partial charge in [-0.1, -0.05) is 69.2 Å². The van der Waals surface area contributed by atoms with E-state index in [4.69, 9.17) is 5.11 Å². The van der Waals surface area contributed by atoms with E-state index in [1.807, 2.05) is 0 Å². The molecule has 0 aliphatic heterocycles. The summed E-state index contributed by atoms with van der Waals surface area (Å²) in [6, 6.07) is 0. The van der Waals surface area contributed by atoms with Crippen LogP contribution in [0.4, 0.5) is 0 Å². The van der Waals surface area contributed by atoms with Crippen molar-refractivity contribution in [3.63, 3.8) is 0 Å². The summed E-state index contributed by atoms with van der Waals surface area (Å²) in [4.78, 5) is 0. The van der Waals surface area contributed by atoms with E-state index in [1.54, 1.807) is 0 Å². The van der Waals surface area contributed by atoms with Crippen LogP contribution in [0.3, 0.4) is 0 Å². The van der Waals surface area contributed by atoms with Crippen LogP contribution in [-0.4, -0.2) is 12.2 Å². The SMILES string of the molecule is CO.Cc1c(C)c(C)[c-](C)c1C.Cc1c(C)c(C)[c-](C)c1C.[CH3-].[Zr+3]. The predicted octanol–water partition coefficient (Wildman–Crippen LogP) is 5.95. The molecule has 2 heteroatoms. The van der Waals surface area contributed by atoms with Gasteiger partial charge in [-0.05, 0) is 0 Å². The van der Waals surface area contributed by atoms with E-state index < -0.39 is 0 Å². The van der Waals surface area contributed by atoms with E-state index in [0.717, 1.165) is 7.11 Å². The molecular formula is C22H37OZr. The summed E-state index contributed by atoms with van der Waals surface area (Å²) in [5.41, 5.74) is 14.7. The van der Waals surface area contributed by atoms with Crippen LogP contribution in [0, 0.1) is 76.7 Å². The average molecular weight is 409 g/mol. The number of rotatable bonds is 0. The Bertz CT molecular complexity index is 411. The third kappa shape index (κ3) is 5.81. The first-order valence-corrected chi connectivity index (χ1v) is 7.95. The van der Waals surface area contributed by atoms with Crippen molar-refractivity contribution in [2.75, 3.05) is 7.11 Å². The maximum absolute atomic E-state index is 7.00. The Morgan fingerprint density at radius 1 is 0.500 bits per heavy atom. The predicted molar refractivity (Wildman–Crippen MR) is 106 cm³/mol. The number of hydrogen-bond donors (Lipinski definition) is 1. The first-order chi connectivity index (χ1) is 10.1. The number of aliphatic hydroxyl groups excluding tert-OH is 1. The third-order valence-electron chi connectivity index (χ3n) is 5.62. The topological polar surface area (TPSA) is 20.2 Å². The average Bonchev–Trinajstić information content (AvgIpc) is 2.81. The molecule has 0 spiro atoms. The standard InChI is InChI=1S/2C10H15.CH4O.CH3.Zr/c2*1-6-7(2)9(4)10(5)8(6)3;1-2;;/h2*1-5H3;2H,1H3;1H3;/q2*-1;;-1;+3. The molecule has 0 saturated carbocycles. The summed E-state index contributed by atoms with van der Waals surface area (Å²) in [5.74, 6) is 0. The summed E-state index contributed by atoms with van der Waals surface area (Å²) < 4.78 is 0. The van der Waals surface area contributed by atoms with Crippen LogP contribution in [0.25, 0.3) is 0 Å². The van der Waals surface area contributed by atoms with Crippen molar-refractivity contribution in [1.29, 1.82) is 0 Å². The Kier molecular flexibility index (Phi) is 14.2. The zero-order chi connectivity index (χ0) is 17.8. The van der Waals surface area contributed by atoms with Gasteiger partial charge < -0.3 is 12.5 Å². The van der Waals surface area contributed by atoms with Crippen LogP contribution in [0.5, 0.6) is 0 Å². The summed E-state index contributed by atoms with van der Waals surface area (Å²) in [6.45, 7) is 22.0. The molecule has 0 unspecified atom stereocenters. The van der Waals surface area contributed by atoms with Crippen molar-refractivity contribution >= 4 is 0 Å². The van der Waals surface area contributed by atoms with E-state index >= 15 is 0 Å². The molecule has 2 rings (SSSR count). The molecule has 1 radical (unpaired) electrons. The van der Waals surface area contributed by atoms with E-state index in [0.29, 0.717) is 0 Å². The minimum Gasteiger partial charge on any atom is -0.400 e. The van der Waals surface area contributed by atoms with Gasteiger partial charge in [-0.25, -0.2) is 0 Å².